The van der Waals surface area contributed by atoms with E-state index >= 15 is 0 Å². The Morgan fingerprint density at radius 2 is 2.05 bits per heavy atom. The molecule has 2 heterocycles. The van der Waals surface area contributed by atoms with Gasteiger partial charge in [0.05, 0.1) is 11.4 Å². The van der Waals surface area contributed by atoms with Crippen molar-refractivity contribution in [1.29, 1.82) is 0 Å². The van der Waals surface area contributed by atoms with E-state index in [1.54, 1.807) is 11.0 Å². The number of carbonyl (C=O) groups excluding carboxylic acids is 2. The molecule has 3 rings (SSSR count). The van der Waals surface area contributed by atoms with Crippen molar-refractivity contribution < 1.29 is 9.59 Å². The second-order valence-corrected chi connectivity index (χ2v) is 6.21. The molecule has 1 N–H and O–H groups in total. The maximum atomic E-state index is 12.4. The van der Waals surface area contributed by atoms with Crippen molar-refractivity contribution in [3.63, 3.8) is 0 Å². The van der Waals surface area contributed by atoms with Gasteiger partial charge in [-0.1, -0.05) is 29.8 Å². The molecule has 0 saturated carbocycles. The summed E-state index contributed by atoms with van der Waals surface area (Å²) in [5, 5.41) is 3.37. The van der Waals surface area contributed by atoms with Gasteiger partial charge in [0.2, 0.25) is 5.91 Å². The molecule has 0 bridgehead atoms. The number of amides is 2. The average molecular weight is 321 g/mol. The van der Waals surface area contributed by atoms with Gasteiger partial charge in [0.25, 0.3) is 5.91 Å². The van der Waals surface area contributed by atoms with E-state index in [1.165, 1.54) is 11.3 Å². The van der Waals surface area contributed by atoms with Crippen molar-refractivity contribution in [3.8, 4) is 10.4 Å². The number of hydrogen-bond acceptors (Lipinski definition) is 3. The summed E-state index contributed by atoms with van der Waals surface area (Å²) in [5.41, 5.74) is 0.916. The molecule has 0 aliphatic carbocycles. The fraction of sp³-hybridized carbons (Fsp3) is 0.200. The minimum absolute atomic E-state index is 0.104. The number of nitrogens with zero attached hydrogens (tertiary/aromatic N) is 1. The fourth-order valence-electron chi connectivity index (χ4n) is 2.23. The lowest BCUT2D eigenvalue weighted by Crippen LogP contribution is -2.49. The number of carbonyl (C=O) groups is 2. The lowest BCUT2D eigenvalue weighted by molar-refractivity contribution is -0.123. The van der Waals surface area contributed by atoms with Crippen LogP contribution in [0.1, 0.15) is 9.67 Å². The maximum absolute atomic E-state index is 12.4. The number of hydrogen-bond donors (Lipinski definition) is 1. The third-order valence-electron chi connectivity index (χ3n) is 3.28. The summed E-state index contributed by atoms with van der Waals surface area (Å²) >= 11 is 7.57. The minimum atomic E-state index is -0.113. The molecule has 1 aliphatic rings. The van der Waals surface area contributed by atoms with Gasteiger partial charge < -0.3 is 10.2 Å². The molecule has 0 unspecified atom stereocenters. The molecule has 1 saturated heterocycles. The summed E-state index contributed by atoms with van der Waals surface area (Å²) in [4.78, 5) is 26.9. The summed E-state index contributed by atoms with van der Waals surface area (Å²) in [5.74, 6) is -0.217. The van der Waals surface area contributed by atoms with Gasteiger partial charge in [-0.25, -0.2) is 0 Å². The van der Waals surface area contributed by atoms with Gasteiger partial charge in [-0.15, -0.1) is 11.3 Å². The predicted molar refractivity (Wildman–Crippen MR) is 83.7 cm³/mol. The highest BCUT2D eigenvalue weighted by Crippen LogP contribution is 2.33. The number of halogens is 1. The Morgan fingerprint density at radius 3 is 2.81 bits per heavy atom. The van der Waals surface area contributed by atoms with Crippen LogP contribution in [0.3, 0.4) is 0 Å². The molecular weight excluding hydrogens is 308 g/mol. The number of thiophene rings is 1. The lowest BCUT2D eigenvalue weighted by Gasteiger charge is -2.26. The molecule has 4 nitrogen and oxygen atoms in total. The van der Waals surface area contributed by atoms with Crippen molar-refractivity contribution in [2.75, 3.05) is 19.6 Å². The van der Waals surface area contributed by atoms with Gasteiger partial charge in [0.1, 0.15) is 0 Å². The summed E-state index contributed by atoms with van der Waals surface area (Å²) in [6, 6.07) is 11.2. The summed E-state index contributed by atoms with van der Waals surface area (Å²) < 4.78 is 0. The highest BCUT2D eigenvalue weighted by molar-refractivity contribution is 7.17. The Bertz CT molecular complexity index is 698. The van der Waals surface area contributed by atoms with Crippen LogP contribution in [0.25, 0.3) is 10.4 Å². The molecule has 0 atom stereocenters. The van der Waals surface area contributed by atoms with Gasteiger partial charge in [0.15, 0.2) is 0 Å². The number of rotatable bonds is 2. The second kappa shape index (κ2) is 5.87. The Labute approximate surface area is 131 Å². The summed E-state index contributed by atoms with van der Waals surface area (Å²) in [6.45, 7) is 1.18. The van der Waals surface area contributed by atoms with Crippen LogP contribution < -0.4 is 5.32 Å². The second-order valence-electron chi connectivity index (χ2n) is 4.72. The summed E-state index contributed by atoms with van der Waals surface area (Å²) in [7, 11) is 0. The number of piperazine rings is 1. The summed E-state index contributed by atoms with van der Waals surface area (Å²) in [6.07, 6.45) is 0. The van der Waals surface area contributed by atoms with E-state index in [9.17, 15) is 9.59 Å². The first-order valence-electron chi connectivity index (χ1n) is 6.56. The topological polar surface area (TPSA) is 49.4 Å². The molecule has 2 amide bonds. The number of nitrogens with one attached hydrogen (secondary N) is 1. The largest absolute Gasteiger partial charge is 0.353 e. The van der Waals surface area contributed by atoms with Crippen molar-refractivity contribution in [2.24, 2.45) is 0 Å². The van der Waals surface area contributed by atoms with E-state index in [4.69, 9.17) is 11.6 Å². The zero-order valence-corrected chi connectivity index (χ0v) is 12.7. The van der Waals surface area contributed by atoms with Gasteiger partial charge >= 0.3 is 0 Å². The van der Waals surface area contributed by atoms with Crippen molar-refractivity contribution in [2.45, 2.75) is 0 Å². The van der Waals surface area contributed by atoms with E-state index in [2.05, 4.69) is 5.32 Å². The SMILES string of the molecule is O=C1CN(C(=O)c2ccc(-c3ccccc3Cl)s2)CCN1. The highest BCUT2D eigenvalue weighted by Gasteiger charge is 2.23. The van der Waals surface area contributed by atoms with Crippen LogP contribution in [0.5, 0.6) is 0 Å². The zero-order chi connectivity index (χ0) is 14.8. The molecule has 1 aromatic heterocycles. The molecule has 0 radical (unpaired) electrons. The van der Waals surface area contributed by atoms with Crippen LogP contribution in [-0.2, 0) is 4.79 Å². The monoisotopic (exact) mass is 320 g/mol. The Hall–Kier alpha value is -1.85. The molecule has 6 heteroatoms. The maximum Gasteiger partial charge on any atom is 0.264 e. The van der Waals surface area contributed by atoms with Gasteiger partial charge in [-0.3, -0.25) is 9.59 Å². The van der Waals surface area contributed by atoms with Crippen molar-refractivity contribution in [1.82, 2.24) is 10.2 Å². The Balaban J connectivity index is 1.83. The fourth-order valence-corrected chi connectivity index (χ4v) is 3.53. The van der Waals surface area contributed by atoms with E-state index in [-0.39, 0.29) is 18.4 Å². The third-order valence-corrected chi connectivity index (χ3v) is 4.72. The van der Waals surface area contributed by atoms with Crippen molar-refractivity contribution >= 4 is 34.8 Å². The first-order chi connectivity index (χ1) is 10.1. The molecule has 1 fully saturated rings. The minimum Gasteiger partial charge on any atom is -0.353 e. The molecule has 1 aromatic carbocycles. The van der Waals surface area contributed by atoms with Crippen molar-refractivity contribution in [3.05, 3.63) is 46.3 Å². The van der Waals surface area contributed by atoms with E-state index in [0.29, 0.717) is 23.0 Å². The van der Waals surface area contributed by atoms with Crippen LogP contribution in [0.2, 0.25) is 5.02 Å². The molecule has 21 heavy (non-hydrogen) atoms. The predicted octanol–water partition coefficient (Wildman–Crippen LogP) is 2.64. The Morgan fingerprint density at radius 1 is 1.24 bits per heavy atom. The molecule has 0 spiro atoms. The first-order valence-corrected chi connectivity index (χ1v) is 7.75. The van der Waals surface area contributed by atoms with Crippen LogP contribution in [0.4, 0.5) is 0 Å². The third kappa shape index (κ3) is 2.94. The molecular formula is C15H13ClN2O2S. The average Bonchev–Trinajstić information content (AvgIpc) is 2.96. The molecule has 2 aromatic rings. The van der Waals surface area contributed by atoms with Crippen LogP contribution >= 0.6 is 22.9 Å². The van der Waals surface area contributed by atoms with Crippen LogP contribution in [0.15, 0.2) is 36.4 Å². The number of benzene rings is 1. The van der Waals surface area contributed by atoms with Crippen LogP contribution in [0, 0.1) is 0 Å². The first kappa shape index (κ1) is 14.1. The van der Waals surface area contributed by atoms with E-state index in [0.717, 1.165) is 10.4 Å². The Kier molecular flexibility index (Phi) is 3.94. The standard InChI is InChI=1S/C15H13ClN2O2S/c16-11-4-2-1-3-10(11)12-5-6-13(21-12)15(20)18-8-7-17-14(19)9-18/h1-6H,7-9H2,(H,17,19). The molecule has 1 aliphatic heterocycles. The van der Waals surface area contributed by atoms with E-state index in [1.807, 2.05) is 30.3 Å². The normalized spacial score (nSPS) is 14.9. The van der Waals surface area contributed by atoms with Gasteiger partial charge in [0, 0.05) is 28.6 Å². The smallest absolute Gasteiger partial charge is 0.264 e. The van der Waals surface area contributed by atoms with Gasteiger partial charge in [-0.2, -0.15) is 0 Å². The van der Waals surface area contributed by atoms with E-state index < -0.39 is 0 Å². The highest BCUT2D eigenvalue weighted by atomic mass is 35.5. The van der Waals surface area contributed by atoms with Crippen LogP contribution in [-0.4, -0.2) is 36.3 Å². The molecule has 108 valence electrons. The lowest BCUT2D eigenvalue weighted by atomic mass is 10.2. The quantitative estimate of drug-likeness (QED) is 0.924. The zero-order valence-electron chi connectivity index (χ0n) is 11.1. The van der Waals surface area contributed by atoms with Gasteiger partial charge in [-0.05, 0) is 18.2 Å².